The van der Waals surface area contributed by atoms with Crippen LogP contribution in [-0.2, 0) is 12.7 Å². The fourth-order valence-corrected chi connectivity index (χ4v) is 4.11. The van der Waals surface area contributed by atoms with Gasteiger partial charge in [-0.25, -0.2) is 0 Å². The summed E-state index contributed by atoms with van der Waals surface area (Å²) in [6, 6.07) is 3.50. The molecule has 0 saturated heterocycles. The monoisotopic (exact) mass is 669 g/mol. The van der Waals surface area contributed by atoms with E-state index in [0.29, 0.717) is 21.4 Å². The molecule has 2 rings (SSSR count). The number of rotatable bonds is 7. The number of hydrogen-bond acceptors (Lipinski definition) is 4. The van der Waals surface area contributed by atoms with Gasteiger partial charge in [0.1, 0.15) is 5.69 Å². The SMILES string of the molecule is C/C=C\C.CC/C(Cl)=C(\N)Cn1nc(C(F)(F)F)cc1C(=O)Nc1c(Br)cc(Br)cc1C(=O)NC(C)C. The minimum atomic E-state index is -4.78. The highest BCUT2D eigenvalue weighted by Gasteiger charge is 2.36. The molecular formula is C24H29Br2ClF3N5O2. The fourth-order valence-electron chi connectivity index (χ4n) is 2.73. The van der Waals surface area contributed by atoms with E-state index in [1.807, 2.05) is 26.0 Å². The molecule has 204 valence electrons. The Hall–Kier alpha value is -2.31. The van der Waals surface area contributed by atoms with Crippen LogP contribution in [0, 0.1) is 0 Å². The van der Waals surface area contributed by atoms with Gasteiger partial charge in [0.25, 0.3) is 11.8 Å². The number of carbonyl (C=O) groups excluding carboxylic acids is 2. The maximum absolute atomic E-state index is 13.3. The molecule has 37 heavy (non-hydrogen) atoms. The van der Waals surface area contributed by atoms with Gasteiger partial charge in [-0.05, 0) is 62.2 Å². The van der Waals surface area contributed by atoms with Crippen molar-refractivity contribution in [3.05, 3.63) is 67.0 Å². The van der Waals surface area contributed by atoms with E-state index < -0.39 is 29.4 Å². The number of hydrogen-bond donors (Lipinski definition) is 3. The maximum atomic E-state index is 13.3. The Kier molecular flexibility index (Phi) is 12.9. The highest BCUT2D eigenvalue weighted by molar-refractivity contribution is 9.11. The molecule has 1 aromatic carbocycles. The summed E-state index contributed by atoms with van der Waals surface area (Å²) in [5, 5.41) is 8.96. The minimum absolute atomic E-state index is 0.0758. The van der Waals surface area contributed by atoms with Gasteiger partial charge < -0.3 is 16.4 Å². The predicted molar refractivity (Wildman–Crippen MR) is 147 cm³/mol. The predicted octanol–water partition coefficient (Wildman–Crippen LogP) is 7.22. The number of nitrogens with zero attached hydrogens (tertiary/aromatic N) is 2. The average molecular weight is 672 g/mol. The first-order chi connectivity index (χ1) is 17.2. The number of nitrogens with one attached hydrogen (secondary N) is 2. The summed E-state index contributed by atoms with van der Waals surface area (Å²) in [6.07, 6.45) is -0.420. The second kappa shape index (κ2) is 14.6. The first-order valence-electron chi connectivity index (χ1n) is 11.1. The van der Waals surface area contributed by atoms with Crippen molar-refractivity contribution in [1.82, 2.24) is 15.1 Å². The van der Waals surface area contributed by atoms with Gasteiger partial charge in [-0.3, -0.25) is 14.3 Å². The average Bonchev–Trinajstić information content (AvgIpc) is 3.24. The number of benzene rings is 1. The van der Waals surface area contributed by atoms with Gasteiger partial charge in [-0.1, -0.05) is 46.6 Å². The van der Waals surface area contributed by atoms with E-state index in [1.54, 1.807) is 26.8 Å². The van der Waals surface area contributed by atoms with Gasteiger partial charge in [-0.2, -0.15) is 18.3 Å². The molecule has 13 heteroatoms. The lowest BCUT2D eigenvalue weighted by Crippen LogP contribution is -2.31. The highest BCUT2D eigenvalue weighted by Crippen LogP contribution is 2.33. The number of alkyl halides is 3. The fraction of sp³-hybridized carbons (Fsp3) is 0.375. The van der Waals surface area contributed by atoms with Crippen molar-refractivity contribution in [3.63, 3.8) is 0 Å². The Morgan fingerprint density at radius 1 is 1.16 bits per heavy atom. The third kappa shape index (κ3) is 9.82. The molecule has 1 aromatic heterocycles. The lowest BCUT2D eigenvalue weighted by atomic mass is 10.1. The van der Waals surface area contributed by atoms with Crippen molar-refractivity contribution in [3.8, 4) is 0 Å². The zero-order chi connectivity index (χ0) is 28.5. The first-order valence-corrected chi connectivity index (χ1v) is 13.1. The van der Waals surface area contributed by atoms with Crippen LogP contribution in [-0.4, -0.2) is 27.6 Å². The van der Waals surface area contributed by atoms with Crippen molar-refractivity contribution in [1.29, 1.82) is 0 Å². The molecule has 0 unspecified atom stereocenters. The zero-order valence-corrected chi connectivity index (χ0v) is 24.9. The summed E-state index contributed by atoms with van der Waals surface area (Å²) >= 11 is 12.6. The van der Waals surface area contributed by atoms with Crippen LogP contribution in [0.25, 0.3) is 0 Å². The Balaban J connectivity index is 0.00000159. The van der Waals surface area contributed by atoms with E-state index in [9.17, 15) is 22.8 Å². The molecule has 4 N–H and O–H groups in total. The van der Waals surface area contributed by atoms with Crippen LogP contribution in [0.1, 0.15) is 67.6 Å². The van der Waals surface area contributed by atoms with Crippen molar-refractivity contribution in [2.45, 2.75) is 59.8 Å². The Morgan fingerprint density at radius 3 is 2.24 bits per heavy atom. The van der Waals surface area contributed by atoms with Gasteiger partial charge in [0.15, 0.2) is 5.69 Å². The van der Waals surface area contributed by atoms with Crippen LogP contribution in [0.3, 0.4) is 0 Å². The Morgan fingerprint density at radius 2 is 1.76 bits per heavy atom. The maximum Gasteiger partial charge on any atom is 0.435 e. The standard InChI is InChI=1S/C20H21Br2ClF3N5O2.C4H8/c1-4-13(23)14(27)8-31-15(7-16(30-31)20(24,25)26)19(33)29-17-11(18(32)28-9(2)3)5-10(21)6-12(17)22;1-3-4-2/h5-7,9H,4,8,27H2,1-3H3,(H,28,32)(H,29,33);3-4H,1-2H3/b14-13+;4-3-. The summed E-state index contributed by atoms with van der Waals surface area (Å²) < 4.78 is 41.6. The quantitative estimate of drug-likeness (QED) is 0.271. The number of nitrogens with two attached hydrogens (primary N) is 1. The third-order valence-corrected chi connectivity index (χ3v) is 6.17. The lowest BCUT2D eigenvalue weighted by Gasteiger charge is -2.16. The minimum Gasteiger partial charge on any atom is -0.400 e. The van der Waals surface area contributed by atoms with Gasteiger partial charge in [0.05, 0.1) is 17.8 Å². The summed E-state index contributed by atoms with van der Waals surface area (Å²) in [4.78, 5) is 25.7. The molecule has 2 amide bonds. The van der Waals surface area contributed by atoms with E-state index in [2.05, 4.69) is 47.6 Å². The summed E-state index contributed by atoms with van der Waals surface area (Å²) in [5.41, 5.74) is 4.45. The number of anilines is 1. The van der Waals surface area contributed by atoms with E-state index in [-0.39, 0.29) is 34.6 Å². The van der Waals surface area contributed by atoms with E-state index in [1.165, 1.54) is 6.07 Å². The molecule has 0 saturated carbocycles. The molecule has 2 aromatic rings. The number of allylic oxidation sites excluding steroid dienone is 4. The van der Waals surface area contributed by atoms with Gasteiger partial charge >= 0.3 is 6.18 Å². The lowest BCUT2D eigenvalue weighted by molar-refractivity contribution is -0.141. The number of amides is 2. The number of halogens is 6. The van der Waals surface area contributed by atoms with Crippen molar-refractivity contribution in [2.24, 2.45) is 5.73 Å². The molecule has 0 spiro atoms. The summed E-state index contributed by atoms with van der Waals surface area (Å²) in [5.74, 6) is -1.39. The smallest absolute Gasteiger partial charge is 0.400 e. The molecule has 0 radical (unpaired) electrons. The second-order valence-electron chi connectivity index (χ2n) is 7.91. The molecule has 7 nitrogen and oxygen atoms in total. The van der Waals surface area contributed by atoms with Gasteiger partial charge in [0.2, 0.25) is 0 Å². The van der Waals surface area contributed by atoms with Crippen LogP contribution in [0.5, 0.6) is 0 Å². The Labute approximate surface area is 235 Å². The highest BCUT2D eigenvalue weighted by atomic mass is 79.9. The van der Waals surface area contributed by atoms with Crippen molar-refractivity contribution < 1.29 is 22.8 Å². The van der Waals surface area contributed by atoms with Crippen LogP contribution in [0.15, 0.2) is 50.0 Å². The van der Waals surface area contributed by atoms with Crippen molar-refractivity contribution >= 4 is 61.0 Å². The van der Waals surface area contributed by atoms with Crippen LogP contribution >= 0.6 is 43.5 Å². The molecule has 0 atom stereocenters. The zero-order valence-electron chi connectivity index (χ0n) is 20.9. The van der Waals surface area contributed by atoms with E-state index in [4.69, 9.17) is 17.3 Å². The molecule has 1 heterocycles. The molecule has 0 bridgehead atoms. The van der Waals surface area contributed by atoms with Gasteiger partial charge in [0, 0.05) is 31.8 Å². The normalized spacial score (nSPS) is 12.2. The first kappa shape index (κ1) is 32.7. The topological polar surface area (TPSA) is 102 Å². The molecular weight excluding hydrogens is 643 g/mol. The van der Waals surface area contributed by atoms with Crippen LogP contribution < -0.4 is 16.4 Å². The van der Waals surface area contributed by atoms with E-state index >= 15 is 0 Å². The molecule has 0 aliphatic heterocycles. The van der Waals surface area contributed by atoms with Crippen LogP contribution in [0.4, 0.5) is 18.9 Å². The summed E-state index contributed by atoms with van der Waals surface area (Å²) in [6.45, 7) is 8.93. The second-order valence-corrected chi connectivity index (χ2v) is 10.1. The van der Waals surface area contributed by atoms with Gasteiger partial charge in [-0.15, -0.1) is 0 Å². The molecule has 0 fully saturated rings. The molecule has 0 aliphatic rings. The number of carbonyl (C=O) groups is 2. The van der Waals surface area contributed by atoms with Crippen molar-refractivity contribution in [2.75, 3.05) is 5.32 Å². The van der Waals surface area contributed by atoms with Crippen LogP contribution in [0.2, 0.25) is 0 Å². The third-order valence-electron chi connectivity index (χ3n) is 4.57. The molecule has 0 aliphatic carbocycles. The largest absolute Gasteiger partial charge is 0.435 e. The number of aromatic nitrogens is 2. The summed E-state index contributed by atoms with van der Waals surface area (Å²) in [7, 11) is 0. The van der Waals surface area contributed by atoms with E-state index in [0.717, 1.165) is 4.68 Å². The Bertz CT molecular complexity index is 1170.